The average Bonchev–Trinajstić information content (AvgIpc) is 3.03. The van der Waals surface area contributed by atoms with Crippen LogP contribution in [0.3, 0.4) is 0 Å². The number of hydrogen-bond acceptors (Lipinski definition) is 6. The molecular weight excluding hydrogens is 307 g/mol. The summed E-state index contributed by atoms with van der Waals surface area (Å²) in [5.74, 6) is 1.04. The largest absolute Gasteiger partial charge is 0.368 e. The van der Waals surface area contributed by atoms with E-state index in [1.165, 1.54) is 12.1 Å². The molecule has 7 heteroatoms. The van der Waals surface area contributed by atoms with Gasteiger partial charge in [0.05, 0.1) is 11.3 Å². The van der Waals surface area contributed by atoms with Crippen molar-refractivity contribution in [3.05, 3.63) is 41.8 Å². The summed E-state index contributed by atoms with van der Waals surface area (Å²) in [6, 6.07) is 8.47. The molecule has 2 heterocycles. The predicted molar refractivity (Wildman–Crippen MR) is 91.7 cm³/mol. The SMILES string of the molecule is CN(C)c1nccc(NC2CCN(c3ccc(F)cc3C#N)C2)n1. The lowest BCUT2D eigenvalue weighted by Gasteiger charge is -2.20. The quantitative estimate of drug-likeness (QED) is 0.929. The Kier molecular flexibility index (Phi) is 4.47. The Hall–Kier alpha value is -2.88. The Morgan fingerprint density at radius 2 is 2.21 bits per heavy atom. The molecule has 0 amide bonds. The number of benzene rings is 1. The Morgan fingerprint density at radius 3 is 2.96 bits per heavy atom. The van der Waals surface area contributed by atoms with Crippen molar-refractivity contribution >= 4 is 17.5 Å². The summed E-state index contributed by atoms with van der Waals surface area (Å²) in [6.07, 6.45) is 2.65. The van der Waals surface area contributed by atoms with Crippen LogP contribution in [-0.2, 0) is 0 Å². The van der Waals surface area contributed by atoms with E-state index in [1.54, 1.807) is 12.3 Å². The van der Waals surface area contributed by atoms with E-state index in [2.05, 4.69) is 26.3 Å². The first kappa shape index (κ1) is 16.0. The number of rotatable bonds is 4. The smallest absolute Gasteiger partial charge is 0.226 e. The number of nitriles is 1. The molecule has 24 heavy (non-hydrogen) atoms. The van der Waals surface area contributed by atoms with Crippen molar-refractivity contribution in [1.82, 2.24) is 9.97 Å². The standard InChI is InChI=1S/C17H19FN6/c1-23(2)17-20-7-5-16(22-17)21-14-6-8-24(11-14)15-4-3-13(18)9-12(15)10-19/h3-5,7,9,14H,6,8,11H2,1-2H3,(H,20,21,22). The van der Waals surface area contributed by atoms with Crippen molar-refractivity contribution < 1.29 is 4.39 Å². The predicted octanol–water partition coefficient (Wildman–Crippen LogP) is 2.24. The highest BCUT2D eigenvalue weighted by atomic mass is 19.1. The van der Waals surface area contributed by atoms with Crippen molar-refractivity contribution in [3.63, 3.8) is 0 Å². The summed E-state index contributed by atoms with van der Waals surface area (Å²) in [6.45, 7) is 1.55. The highest BCUT2D eigenvalue weighted by molar-refractivity contribution is 5.60. The highest BCUT2D eigenvalue weighted by Gasteiger charge is 2.24. The minimum absolute atomic E-state index is 0.214. The first-order valence-electron chi connectivity index (χ1n) is 7.78. The second-order valence-electron chi connectivity index (χ2n) is 5.99. The van der Waals surface area contributed by atoms with E-state index in [0.717, 1.165) is 31.0 Å². The summed E-state index contributed by atoms with van der Waals surface area (Å²) >= 11 is 0. The van der Waals surface area contributed by atoms with Crippen LogP contribution in [0.25, 0.3) is 0 Å². The monoisotopic (exact) mass is 326 g/mol. The Bertz CT molecular complexity index is 770. The van der Waals surface area contributed by atoms with Crippen molar-refractivity contribution in [2.24, 2.45) is 0 Å². The molecule has 3 rings (SSSR count). The maximum atomic E-state index is 13.3. The normalized spacial score (nSPS) is 16.8. The molecule has 0 bridgehead atoms. The second kappa shape index (κ2) is 6.71. The molecule has 0 radical (unpaired) electrons. The fourth-order valence-corrected chi connectivity index (χ4v) is 2.82. The van der Waals surface area contributed by atoms with Gasteiger partial charge in [0.1, 0.15) is 17.7 Å². The number of anilines is 3. The van der Waals surface area contributed by atoms with Gasteiger partial charge in [-0.2, -0.15) is 10.2 Å². The van der Waals surface area contributed by atoms with Crippen molar-refractivity contribution in [2.75, 3.05) is 42.3 Å². The lowest BCUT2D eigenvalue weighted by Crippen LogP contribution is -2.27. The van der Waals surface area contributed by atoms with E-state index in [1.807, 2.05) is 25.1 Å². The Labute approximate surface area is 140 Å². The van der Waals surface area contributed by atoms with E-state index in [-0.39, 0.29) is 11.9 Å². The molecule has 0 aliphatic carbocycles. The zero-order valence-corrected chi connectivity index (χ0v) is 13.7. The van der Waals surface area contributed by atoms with Gasteiger partial charge >= 0.3 is 0 Å². The van der Waals surface area contributed by atoms with Crippen LogP contribution < -0.4 is 15.1 Å². The first-order valence-corrected chi connectivity index (χ1v) is 7.78. The molecule has 6 nitrogen and oxygen atoms in total. The molecule has 1 saturated heterocycles. The summed E-state index contributed by atoms with van der Waals surface area (Å²) in [5, 5.41) is 12.6. The minimum Gasteiger partial charge on any atom is -0.368 e. The third kappa shape index (κ3) is 3.38. The third-order valence-corrected chi connectivity index (χ3v) is 4.00. The molecule has 1 N–H and O–H groups in total. The van der Waals surface area contributed by atoms with Gasteiger partial charge < -0.3 is 15.1 Å². The number of hydrogen-bond donors (Lipinski definition) is 1. The molecule has 1 unspecified atom stereocenters. The van der Waals surface area contributed by atoms with Crippen LogP contribution in [-0.4, -0.2) is 43.2 Å². The maximum absolute atomic E-state index is 13.3. The van der Waals surface area contributed by atoms with E-state index < -0.39 is 0 Å². The van der Waals surface area contributed by atoms with Gasteiger partial charge in [-0.3, -0.25) is 0 Å². The van der Waals surface area contributed by atoms with Crippen molar-refractivity contribution in [2.45, 2.75) is 12.5 Å². The molecule has 1 atom stereocenters. The molecule has 1 aliphatic rings. The molecule has 1 fully saturated rings. The van der Waals surface area contributed by atoms with Crippen LogP contribution in [0.2, 0.25) is 0 Å². The van der Waals surface area contributed by atoms with Crippen LogP contribution in [0.15, 0.2) is 30.5 Å². The Morgan fingerprint density at radius 1 is 1.38 bits per heavy atom. The Balaban J connectivity index is 1.70. The zero-order valence-electron chi connectivity index (χ0n) is 13.7. The summed E-state index contributed by atoms with van der Waals surface area (Å²) < 4.78 is 13.3. The number of aromatic nitrogens is 2. The molecule has 1 aromatic heterocycles. The third-order valence-electron chi connectivity index (χ3n) is 4.00. The number of nitrogens with zero attached hydrogens (tertiary/aromatic N) is 5. The van der Waals surface area contributed by atoms with Crippen LogP contribution in [0, 0.1) is 17.1 Å². The van der Waals surface area contributed by atoms with Crippen LogP contribution in [0.4, 0.5) is 21.8 Å². The molecule has 2 aromatic rings. The second-order valence-corrected chi connectivity index (χ2v) is 5.99. The lowest BCUT2D eigenvalue weighted by atomic mass is 10.1. The van der Waals surface area contributed by atoms with Gasteiger partial charge in [-0.1, -0.05) is 0 Å². The van der Waals surface area contributed by atoms with Crippen LogP contribution in [0.1, 0.15) is 12.0 Å². The summed E-state index contributed by atoms with van der Waals surface area (Å²) in [5.41, 5.74) is 1.15. The minimum atomic E-state index is -0.388. The van der Waals surface area contributed by atoms with Crippen molar-refractivity contribution in [1.29, 1.82) is 5.26 Å². The summed E-state index contributed by atoms with van der Waals surface area (Å²) in [7, 11) is 3.79. The van der Waals surface area contributed by atoms with Gasteiger partial charge in [-0.25, -0.2) is 9.37 Å². The van der Waals surface area contributed by atoms with Gasteiger partial charge in [0, 0.05) is 39.4 Å². The fraction of sp³-hybridized carbons (Fsp3) is 0.353. The maximum Gasteiger partial charge on any atom is 0.226 e. The van der Waals surface area contributed by atoms with Crippen molar-refractivity contribution in [3.8, 4) is 6.07 Å². The molecule has 1 aromatic carbocycles. The van der Waals surface area contributed by atoms with E-state index in [4.69, 9.17) is 0 Å². The number of nitrogens with one attached hydrogen (secondary N) is 1. The van der Waals surface area contributed by atoms with Gasteiger partial charge in [0.15, 0.2) is 0 Å². The lowest BCUT2D eigenvalue weighted by molar-refractivity contribution is 0.627. The van der Waals surface area contributed by atoms with Gasteiger partial charge in [0.25, 0.3) is 0 Å². The molecule has 0 spiro atoms. The number of halogens is 1. The van der Waals surface area contributed by atoms with E-state index in [9.17, 15) is 9.65 Å². The van der Waals surface area contributed by atoms with E-state index >= 15 is 0 Å². The molecule has 124 valence electrons. The van der Waals surface area contributed by atoms with Gasteiger partial charge in [0.2, 0.25) is 5.95 Å². The molecular formula is C17H19FN6. The fourth-order valence-electron chi connectivity index (χ4n) is 2.82. The molecule has 0 saturated carbocycles. The molecule has 1 aliphatic heterocycles. The van der Waals surface area contributed by atoms with Gasteiger partial charge in [-0.05, 0) is 30.7 Å². The van der Waals surface area contributed by atoms with Crippen LogP contribution >= 0.6 is 0 Å². The topological polar surface area (TPSA) is 68.1 Å². The zero-order chi connectivity index (χ0) is 17.1. The van der Waals surface area contributed by atoms with Gasteiger partial charge in [-0.15, -0.1) is 0 Å². The summed E-state index contributed by atoms with van der Waals surface area (Å²) in [4.78, 5) is 12.6. The average molecular weight is 326 g/mol. The highest BCUT2D eigenvalue weighted by Crippen LogP contribution is 2.26. The van der Waals surface area contributed by atoms with E-state index in [0.29, 0.717) is 11.5 Å². The first-order chi connectivity index (χ1) is 11.6. The van der Waals surface area contributed by atoms with Crippen LogP contribution in [0.5, 0.6) is 0 Å².